The molecule has 0 spiro atoms. The highest BCUT2D eigenvalue weighted by Crippen LogP contribution is 2.73. The van der Waals surface area contributed by atoms with Gasteiger partial charge in [0.05, 0.1) is 8.07 Å². The Balaban J connectivity index is 2.10. The van der Waals surface area contributed by atoms with Gasteiger partial charge >= 0.3 is 0 Å². The normalized spacial score (nSPS) is 45.0. The average Bonchev–Trinajstić information content (AvgIpc) is 2.58. The Kier molecular flexibility index (Phi) is 2.41. The third-order valence-electron chi connectivity index (χ3n) is 6.72. The van der Waals surface area contributed by atoms with Crippen molar-refractivity contribution in [1.29, 1.82) is 0 Å². The largest absolute Gasteiger partial charge is 0.0835 e. The van der Waals surface area contributed by atoms with Gasteiger partial charge in [0, 0.05) is 0 Å². The minimum absolute atomic E-state index is 0.477. The molecule has 100 valence electrons. The van der Waals surface area contributed by atoms with Gasteiger partial charge in [-0.2, -0.15) is 0 Å². The van der Waals surface area contributed by atoms with Gasteiger partial charge in [0.25, 0.3) is 0 Å². The molecule has 0 heterocycles. The minimum Gasteiger partial charge on any atom is -0.0835 e. The second-order valence-electron chi connectivity index (χ2n) is 8.62. The molecular formula is C17H28Si. The second-order valence-corrected chi connectivity index (χ2v) is 14.0. The molecule has 0 amide bonds. The first-order chi connectivity index (χ1) is 8.19. The van der Waals surface area contributed by atoms with Crippen molar-refractivity contribution in [3.8, 4) is 0 Å². The Labute approximate surface area is 114 Å². The van der Waals surface area contributed by atoms with E-state index < -0.39 is 8.07 Å². The van der Waals surface area contributed by atoms with E-state index in [-0.39, 0.29) is 0 Å². The monoisotopic (exact) mass is 260 g/mol. The maximum absolute atomic E-state index is 2.55. The SMILES string of the molecule is CC12CCC([C@@H]3C1=CC=C[C@@H]3[Si](C)(C)C)C2(C)C. The Morgan fingerprint density at radius 3 is 2.44 bits per heavy atom. The molecular weight excluding hydrogens is 232 g/mol. The van der Waals surface area contributed by atoms with Crippen LogP contribution in [0.1, 0.15) is 33.6 Å². The molecule has 2 fully saturated rings. The van der Waals surface area contributed by atoms with E-state index in [4.69, 9.17) is 0 Å². The molecule has 0 radical (unpaired) electrons. The first-order valence-electron chi connectivity index (χ1n) is 7.58. The van der Waals surface area contributed by atoms with Gasteiger partial charge in [-0.3, -0.25) is 0 Å². The van der Waals surface area contributed by atoms with Gasteiger partial charge in [-0.15, -0.1) is 0 Å². The average molecular weight is 260 g/mol. The van der Waals surface area contributed by atoms with E-state index in [0.717, 1.165) is 17.4 Å². The lowest BCUT2D eigenvalue weighted by atomic mass is 9.68. The summed E-state index contributed by atoms with van der Waals surface area (Å²) in [5.74, 6) is 1.80. The quantitative estimate of drug-likeness (QED) is 0.564. The lowest BCUT2D eigenvalue weighted by Gasteiger charge is -2.41. The molecule has 0 aromatic carbocycles. The van der Waals surface area contributed by atoms with E-state index in [9.17, 15) is 0 Å². The smallest absolute Gasteiger partial charge is 0.0521 e. The summed E-state index contributed by atoms with van der Waals surface area (Å²) in [4.78, 5) is 0. The fraction of sp³-hybridized carbons (Fsp3) is 0.765. The standard InChI is InChI=1S/C17H28Si/c1-16(2)12-10-11-17(16,3)13-8-7-9-14(15(12)13)18(4,5)6/h7-9,12,14-15H,10-11H2,1-6H3/t12?,14-,15+,17?/m0/s1. The molecule has 2 bridgehead atoms. The lowest BCUT2D eigenvalue weighted by Crippen LogP contribution is -2.37. The van der Waals surface area contributed by atoms with Crippen molar-refractivity contribution in [2.24, 2.45) is 22.7 Å². The maximum Gasteiger partial charge on any atom is 0.0521 e. The Morgan fingerprint density at radius 2 is 1.83 bits per heavy atom. The summed E-state index contributed by atoms with van der Waals surface area (Å²) in [6.45, 7) is 15.3. The first kappa shape index (κ1) is 12.7. The van der Waals surface area contributed by atoms with Crippen LogP contribution in [-0.4, -0.2) is 8.07 Å². The van der Waals surface area contributed by atoms with E-state index in [1.165, 1.54) is 12.8 Å². The Morgan fingerprint density at radius 1 is 1.17 bits per heavy atom. The molecule has 2 saturated carbocycles. The molecule has 18 heavy (non-hydrogen) atoms. The van der Waals surface area contributed by atoms with E-state index in [0.29, 0.717) is 10.8 Å². The fourth-order valence-electron chi connectivity index (χ4n) is 5.23. The minimum atomic E-state index is -1.10. The molecule has 0 nitrogen and oxygen atoms in total. The van der Waals surface area contributed by atoms with E-state index in [1.807, 2.05) is 0 Å². The van der Waals surface area contributed by atoms with Crippen LogP contribution in [0.3, 0.4) is 0 Å². The molecule has 4 atom stereocenters. The van der Waals surface area contributed by atoms with Gasteiger partial charge in [-0.05, 0) is 41.0 Å². The summed E-state index contributed by atoms with van der Waals surface area (Å²) in [5, 5.41) is 0. The van der Waals surface area contributed by atoms with Crippen molar-refractivity contribution < 1.29 is 0 Å². The molecule has 0 aliphatic heterocycles. The molecule has 3 aliphatic carbocycles. The molecule has 0 N–H and O–H groups in total. The molecule has 3 aliphatic rings. The summed E-state index contributed by atoms with van der Waals surface area (Å²) < 4.78 is 0. The Hall–Kier alpha value is -0.303. The van der Waals surface area contributed by atoms with Crippen LogP contribution in [0.2, 0.25) is 25.2 Å². The van der Waals surface area contributed by atoms with Crippen LogP contribution in [0.25, 0.3) is 0 Å². The molecule has 0 aromatic heterocycles. The van der Waals surface area contributed by atoms with Crippen molar-refractivity contribution in [2.45, 2.75) is 58.8 Å². The highest BCUT2D eigenvalue weighted by atomic mass is 28.3. The highest BCUT2D eigenvalue weighted by molar-refractivity contribution is 6.78. The van der Waals surface area contributed by atoms with Gasteiger partial charge in [0.2, 0.25) is 0 Å². The van der Waals surface area contributed by atoms with Gasteiger partial charge in [0.15, 0.2) is 0 Å². The predicted molar refractivity (Wildman–Crippen MR) is 82.4 cm³/mol. The van der Waals surface area contributed by atoms with Gasteiger partial charge in [-0.1, -0.05) is 64.2 Å². The number of rotatable bonds is 1. The second kappa shape index (κ2) is 3.42. The topological polar surface area (TPSA) is 0 Å². The van der Waals surface area contributed by atoms with Crippen LogP contribution < -0.4 is 0 Å². The fourth-order valence-corrected chi connectivity index (χ4v) is 7.41. The molecule has 1 heteroatoms. The van der Waals surface area contributed by atoms with Crippen LogP contribution in [0.15, 0.2) is 23.8 Å². The van der Waals surface area contributed by atoms with Gasteiger partial charge in [0.1, 0.15) is 0 Å². The first-order valence-corrected chi connectivity index (χ1v) is 11.2. The van der Waals surface area contributed by atoms with Gasteiger partial charge < -0.3 is 0 Å². The van der Waals surface area contributed by atoms with Crippen LogP contribution in [0, 0.1) is 22.7 Å². The molecule has 3 rings (SSSR count). The third kappa shape index (κ3) is 1.32. The Bertz CT molecular complexity index is 435. The highest BCUT2D eigenvalue weighted by Gasteiger charge is 2.65. The zero-order valence-corrected chi connectivity index (χ0v) is 13.9. The van der Waals surface area contributed by atoms with Crippen molar-refractivity contribution in [3.05, 3.63) is 23.8 Å². The number of allylic oxidation sites excluding steroid dienone is 4. The van der Waals surface area contributed by atoms with E-state index in [2.05, 4.69) is 58.6 Å². The number of hydrogen-bond acceptors (Lipinski definition) is 0. The predicted octanol–water partition coefficient (Wildman–Crippen LogP) is 5.26. The molecule has 0 aromatic rings. The van der Waals surface area contributed by atoms with Gasteiger partial charge in [-0.25, -0.2) is 0 Å². The zero-order chi connectivity index (χ0) is 13.3. The maximum atomic E-state index is 2.55. The summed E-state index contributed by atoms with van der Waals surface area (Å²) in [7, 11) is -1.10. The number of fused-ring (bicyclic) bond motifs is 5. The van der Waals surface area contributed by atoms with E-state index in [1.54, 1.807) is 5.57 Å². The zero-order valence-electron chi connectivity index (χ0n) is 12.9. The van der Waals surface area contributed by atoms with Crippen LogP contribution in [0.5, 0.6) is 0 Å². The van der Waals surface area contributed by atoms with Crippen molar-refractivity contribution in [2.75, 3.05) is 0 Å². The number of hydrogen-bond donors (Lipinski definition) is 0. The van der Waals surface area contributed by atoms with Crippen molar-refractivity contribution in [1.82, 2.24) is 0 Å². The van der Waals surface area contributed by atoms with Crippen LogP contribution in [0.4, 0.5) is 0 Å². The molecule has 0 saturated heterocycles. The molecule has 2 unspecified atom stereocenters. The van der Waals surface area contributed by atoms with Crippen molar-refractivity contribution in [3.63, 3.8) is 0 Å². The van der Waals surface area contributed by atoms with E-state index >= 15 is 0 Å². The summed E-state index contributed by atoms with van der Waals surface area (Å²) in [6.07, 6.45) is 10.3. The summed E-state index contributed by atoms with van der Waals surface area (Å²) >= 11 is 0. The lowest BCUT2D eigenvalue weighted by molar-refractivity contribution is 0.171. The van der Waals surface area contributed by atoms with Crippen molar-refractivity contribution >= 4 is 8.07 Å². The third-order valence-corrected chi connectivity index (χ3v) is 9.27. The van der Waals surface area contributed by atoms with Crippen LogP contribution in [-0.2, 0) is 0 Å². The summed E-state index contributed by atoms with van der Waals surface area (Å²) in [6, 6.07) is 0. The van der Waals surface area contributed by atoms with Crippen LogP contribution >= 0.6 is 0 Å². The summed E-state index contributed by atoms with van der Waals surface area (Å²) in [5.41, 5.74) is 3.65.